The summed E-state index contributed by atoms with van der Waals surface area (Å²) in [4.78, 5) is 23.5. The fourth-order valence-electron chi connectivity index (χ4n) is 10.2. The maximum Gasteiger partial charge on any atom is 0.164 e. The minimum absolute atomic E-state index is 0.491. The lowest BCUT2D eigenvalue weighted by molar-refractivity contribution is 0.723. The minimum atomic E-state index is -0.491. The third kappa shape index (κ3) is 5.57. The summed E-state index contributed by atoms with van der Waals surface area (Å²) in [7, 11) is 0. The molecule has 0 atom stereocenters. The Morgan fingerprint density at radius 3 is 1.45 bits per heavy atom. The normalized spacial score (nSPS) is 13.1. The van der Waals surface area contributed by atoms with Crippen LogP contribution in [0.1, 0.15) is 22.3 Å². The number of nitrogens with zero attached hydrogens (tertiary/aromatic N) is 4. The summed E-state index contributed by atoms with van der Waals surface area (Å²) in [6.07, 6.45) is 0. The van der Waals surface area contributed by atoms with E-state index in [2.05, 4.69) is 194 Å². The van der Waals surface area contributed by atoms with Crippen LogP contribution in [-0.2, 0) is 5.41 Å². The van der Waals surface area contributed by atoms with Gasteiger partial charge in [-0.3, -0.25) is 0 Å². The van der Waals surface area contributed by atoms with Gasteiger partial charge in [0.2, 0.25) is 0 Å². The van der Waals surface area contributed by atoms with Crippen LogP contribution < -0.4 is 0 Å². The van der Waals surface area contributed by atoms with Gasteiger partial charge >= 0.3 is 0 Å². The summed E-state index contributed by atoms with van der Waals surface area (Å²) < 4.78 is 0. The number of aromatic nitrogens is 4. The summed E-state index contributed by atoms with van der Waals surface area (Å²) in [6, 6.07) is 77.9. The second-order valence-corrected chi connectivity index (χ2v) is 17.6. The first-order valence-electron chi connectivity index (χ1n) is 21.6. The smallest absolute Gasteiger partial charge is 0.164 e. The summed E-state index contributed by atoms with van der Waals surface area (Å²) in [5, 5.41) is 3.41. The Balaban J connectivity index is 1.07. The Morgan fingerprint density at radius 1 is 0.328 bits per heavy atom. The molecule has 0 unspecified atom stereocenters. The van der Waals surface area contributed by atoms with E-state index in [1.807, 2.05) is 36.0 Å². The van der Waals surface area contributed by atoms with Gasteiger partial charge in [-0.1, -0.05) is 212 Å². The van der Waals surface area contributed by atoms with E-state index in [0.717, 1.165) is 55.4 Å². The van der Waals surface area contributed by atoms with Crippen LogP contribution in [0.2, 0.25) is 0 Å². The van der Waals surface area contributed by atoms with E-state index in [0.29, 0.717) is 17.5 Å². The molecule has 0 saturated heterocycles. The van der Waals surface area contributed by atoms with Crippen molar-refractivity contribution in [2.24, 2.45) is 0 Å². The van der Waals surface area contributed by atoms with Crippen molar-refractivity contribution in [3.8, 4) is 67.7 Å². The molecule has 64 heavy (non-hydrogen) atoms. The molecule has 0 saturated carbocycles. The molecule has 0 radical (unpaired) electrons. The zero-order valence-electron chi connectivity index (χ0n) is 34.5. The van der Waals surface area contributed by atoms with Gasteiger partial charge in [0.25, 0.3) is 0 Å². The van der Waals surface area contributed by atoms with E-state index < -0.39 is 5.41 Å². The third-order valence-electron chi connectivity index (χ3n) is 13.0. The highest BCUT2D eigenvalue weighted by Crippen LogP contribution is 2.63. The van der Waals surface area contributed by atoms with Crippen LogP contribution in [0.15, 0.2) is 228 Å². The van der Waals surface area contributed by atoms with Gasteiger partial charge in [0, 0.05) is 48.2 Å². The first-order valence-corrected chi connectivity index (χ1v) is 22.4. The molecule has 2 aliphatic rings. The molecule has 1 aliphatic heterocycles. The maximum absolute atomic E-state index is 5.54. The molecule has 2 aromatic heterocycles. The lowest BCUT2D eigenvalue weighted by Gasteiger charge is -2.39. The molecular weight excluding hydrogens is 797 g/mol. The van der Waals surface area contributed by atoms with E-state index in [1.165, 1.54) is 48.6 Å². The second kappa shape index (κ2) is 14.6. The van der Waals surface area contributed by atoms with Crippen molar-refractivity contribution in [2.75, 3.05) is 0 Å². The molecule has 11 aromatic rings. The topological polar surface area (TPSA) is 51.6 Å². The van der Waals surface area contributed by atoms with Crippen molar-refractivity contribution in [3.05, 3.63) is 241 Å². The summed E-state index contributed by atoms with van der Waals surface area (Å²) in [6.45, 7) is 0. The molecule has 1 spiro atoms. The molecule has 0 fully saturated rings. The summed E-state index contributed by atoms with van der Waals surface area (Å²) in [5.74, 6) is 1.83. The third-order valence-corrected chi connectivity index (χ3v) is 14.1. The van der Waals surface area contributed by atoms with Crippen LogP contribution in [0.25, 0.3) is 89.4 Å². The molecule has 5 heteroatoms. The van der Waals surface area contributed by atoms with Crippen molar-refractivity contribution in [3.63, 3.8) is 0 Å². The van der Waals surface area contributed by atoms with Crippen LogP contribution in [0, 0.1) is 0 Å². The molecule has 1 aliphatic carbocycles. The predicted molar refractivity (Wildman–Crippen MR) is 261 cm³/mol. The van der Waals surface area contributed by atoms with E-state index in [4.69, 9.17) is 19.9 Å². The van der Waals surface area contributed by atoms with Gasteiger partial charge in [-0.15, -0.1) is 0 Å². The van der Waals surface area contributed by atoms with Crippen LogP contribution in [-0.4, -0.2) is 19.9 Å². The molecule has 0 bridgehead atoms. The SMILES string of the molecule is c1ccc(-c2ccc(-c3nc(-c4ccccc4)nc(-c4ccc5c(c4)nc(-c4ccccc4)c4ccc6c(c45)-c4ccccc4C64c5ccccc5Sc5ccccc54)n3)cc2)cc1. The Bertz CT molecular complexity index is 3580. The lowest BCUT2D eigenvalue weighted by atomic mass is 9.67. The van der Waals surface area contributed by atoms with Crippen molar-refractivity contribution < 1.29 is 0 Å². The summed E-state index contributed by atoms with van der Waals surface area (Å²) >= 11 is 1.87. The Kier molecular flexibility index (Phi) is 8.33. The average molecular weight is 833 g/mol. The van der Waals surface area contributed by atoms with Gasteiger partial charge in [0.15, 0.2) is 17.5 Å². The van der Waals surface area contributed by atoms with Gasteiger partial charge in [-0.05, 0) is 62.7 Å². The monoisotopic (exact) mass is 832 g/mol. The van der Waals surface area contributed by atoms with Crippen molar-refractivity contribution >= 4 is 33.4 Å². The van der Waals surface area contributed by atoms with Crippen LogP contribution in [0.5, 0.6) is 0 Å². The molecule has 298 valence electrons. The molecule has 0 N–H and O–H groups in total. The highest BCUT2D eigenvalue weighted by Gasteiger charge is 2.50. The lowest BCUT2D eigenvalue weighted by Crippen LogP contribution is -2.31. The predicted octanol–water partition coefficient (Wildman–Crippen LogP) is 14.7. The van der Waals surface area contributed by atoms with Crippen molar-refractivity contribution in [1.82, 2.24) is 19.9 Å². The molecular formula is C59H36N4S. The van der Waals surface area contributed by atoms with E-state index in [1.54, 1.807) is 0 Å². The quantitative estimate of drug-likeness (QED) is 0.162. The minimum Gasteiger partial charge on any atom is -0.247 e. The number of rotatable bonds is 5. The van der Waals surface area contributed by atoms with Crippen LogP contribution >= 0.6 is 11.8 Å². The van der Waals surface area contributed by atoms with Crippen LogP contribution in [0.4, 0.5) is 0 Å². The van der Waals surface area contributed by atoms with Crippen molar-refractivity contribution in [2.45, 2.75) is 15.2 Å². The number of fused-ring (bicyclic) bond motifs is 13. The Hall–Kier alpha value is -7.99. The van der Waals surface area contributed by atoms with Gasteiger partial charge in [-0.25, -0.2) is 19.9 Å². The van der Waals surface area contributed by atoms with Gasteiger partial charge in [0.1, 0.15) is 0 Å². The number of pyridine rings is 1. The molecule has 9 aromatic carbocycles. The zero-order valence-corrected chi connectivity index (χ0v) is 35.3. The summed E-state index contributed by atoms with van der Waals surface area (Å²) in [5.41, 5.74) is 15.2. The molecule has 3 heterocycles. The number of hydrogen-bond acceptors (Lipinski definition) is 5. The van der Waals surface area contributed by atoms with E-state index in [9.17, 15) is 0 Å². The number of hydrogen-bond donors (Lipinski definition) is 0. The Labute approximate surface area is 375 Å². The van der Waals surface area contributed by atoms with Gasteiger partial charge in [-0.2, -0.15) is 0 Å². The first-order chi connectivity index (χ1) is 31.7. The fourth-order valence-corrected chi connectivity index (χ4v) is 11.4. The van der Waals surface area contributed by atoms with Crippen molar-refractivity contribution in [1.29, 1.82) is 0 Å². The van der Waals surface area contributed by atoms with Crippen LogP contribution in [0.3, 0.4) is 0 Å². The van der Waals surface area contributed by atoms with E-state index in [-0.39, 0.29) is 0 Å². The average Bonchev–Trinajstić information content (AvgIpc) is 3.67. The van der Waals surface area contributed by atoms with Gasteiger partial charge < -0.3 is 0 Å². The largest absolute Gasteiger partial charge is 0.247 e. The fraction of sp³-hybridized carbons (Fsp3) is 0.0169. The second-order valence-electron chi connectivity index (χ2n) is 16.5. The standard InChI is InChI=1S/C59H36N4S/c1-4-16-37(17-5-1)38-28-30-41(31-29-38)57-61-56(40-20-8-3-9-21-40)62-58(63-57)42-32-33-44-50(36-42)60-55(39-18-6-2-7-19-39)45-34-35-49-54(53(44)45)43-22-10-11-23-46(43)59(49)47-24-12-14-26-51(47)64-52-27-15-13-25-48(52)59/h1-36H. The maximum atomic E-state index is 5.54. The number of benzene rings is 9. The molecule has 13 rings (SSSR count). The first kappa shape index (κ1) is 36.6. The molecule has 4 nitrogen and oxygen atoms in total. The van der Waals surface area contributed by atoms with Gasteiger partial charge in [0.05, 0.1) is 16.6 Å². The Morgan fingerprint density at radius 2 is 0.797 bits per heavy atom. The van der Waals surface area contributed by atoms with E-state index >= 15 is 0 Å². The zero-order chi connectivity index (χ0) is 42.2. The highest BCUT2D eigenvalue weighted by molar-refractivity contribution is 7.99. The highest BCUT2D eigenvalue weighted by atomic mass is 32.2. The molecule has 0 amide bonds.